The van der Waals surface area contributed by atoms with Gasteiger partial charge in [-0.25, -0.2) is 0 Å². The van der Waals surface area contributed by atoms with Crippen molar-refractivity contribution in [3.8, 4) is 16.9 Å². The van der Waals surface area contributed by atoms with E-state index in [0.717, 1.165) is 16.7 Å². The summed E-state index contributed by atoms with van der Waals surface area (Å²) in [6.07, 6.45) is -0.666. The second-order valence-electron chi connectivity index (χ2n) is 6.29. The smallest absolute Gasteiger partial charge is 0.269 e. The first-order chi connectivity index (χ1) is 13.5. The number of amides is 1. The first-order valence-corrected chi connectivity index (χ1v) is 8.86. The van der Waals surface area contributed by atoms with Crippen LogP contribution in [0.5, 0.6) is 5.75 Å². The molecule has 1 N–H and O–H groups in total. The number of carbonyl (C=O) groups excluding carboxylic acids is 1. The Balaban J connectivity index is 1.53. The molecule has 1 atom stereocenters. The molecule has 1 unspecified atom stereocenters. The molecule has 3 rings (SSSR count). The van der Waals surface area contributed by atoms with Crippen molar-refractivity contribution >= 4 is 11.6 Å². The van der Waals surface area contributed by atoms with E-state index in [4.69, 9.17) is 4.74 Å². The Kier molecular flexibility index (Phi) is 6.01. The summed E-state index contributed by atoms with van der Waals surface area (Å²) in [7, 11) is 0. The minimum atomic E-state index is -0.666. The largest absolute Gasteiger partial charge is 0.481 e. The molecule has 28 heavy (non-hydrogen) atoms. The van der Waals surface area contributed by atoms with Crippen molar-refractivity contribution in [2.75, 3.05) is 0 Å². The third kappa shape index (κ3) is 4.94. The number of nitro benzene ring substituents is 1. The molecule has 1 amide bonds. The van der Waals surface area contributed by atoms with Crippen LogP contribution in [0, 0.1) is 10.1 Å². The number of nitro groups is 1. The van der Waals surface area contributed by atoms with E-state index in [1.54, 1.807) is 19.1 Å². The topological polar surface area (TPSA) is 81.5 Å². The van der Waals surface area contributed by atoms with Crippen molar-refractivity contribution < 1.29 is 14.5 Å². The van der Waals surface area contributed by atoms with Crippen LogP contribution >= 0.6 is 0 Å². The third-order valence-electron chi connectivity index (χ3n) is 4.26. The van der Waals surface area contributed by atoms with E-state index in [1.165, 1.54) is 12.1 Å². The summed E-state index contributed by atoms with van der Waals surface area (Å²) in [5.41, 5.74) is 2.98. The fraction of sp³-hybridized carbons (Fsp3) is 0.136. The van der Waals surface area contributed by atoms with Gasteiger partial charge in [0.25, 0.3) is 11.6 Å². The molecule has 3 aromatic carbocycles. The monoisotopic (exact) mass is 376 g/mol. The van der Waals surface area contributed by atoms with Crippen LogP contribution in [-0.4, -0.2) is 16.9 Å². The fourth-order valence-electron chi connectivity index (χ4n) is 2.68. The maximum atomic E-state index is 12.2. The highest BCUT2D eigenvalue weighted by molar-refractivity contribution is 5.80. The van der Waals surface area contributed by atoms with Gasteiger partial charge in [-0.3, -0.25) is 14.9 Å². The lowest BCUT2D eigenvalue weighted by Crippen LogP contribution is -2.35. The highest BCUT2D eigenvalue weighted by Crippen LogP contribution is 2.22. The van der Waals surface area contributed by atoms with Gasteiger partial charge >= 0.3 is 0 Å². The lowest BCUT2D eigenvalue weighted by molar-refractivity contribution is -0.384. The van der Waals surface area contributed by atoms with E-state index in [9.17, 15) is 14.9 Å². The summed E-state index contributed by atoms with van der Waals surface area (Å²) in [6, 6.07) is 23.6. The van der Waals surface area contributed by atoms with E-state index in [1.807, 2.05) is 54.6 Å². The van der Waals surface area contributed by atoms with Gasteiger partial charge in [0.15, 0.2) is 6.10 Å². The summed E-state index contributed by atoms with van der Waals surface area (Å²) >= 11 is 0. The molecule has 0 fully saturated rings. The van der Waals surface area contributed by atoms with Gasteiger partial charge in [0, 0.05) is 18.7 Å². The van der Waals surface area contributed by atoms with Gasteiger partial charge in [-0.1, -0.05) is 54.6 Å². The van der Waals surface area contributed by atoms with Crippen molar-refractivity contribution in [3.63, 3.8) is 0 Å². The second-order valence-corrected chi connectivity index (χ2v) is 6.29. The molecular weight excluding hydrogens is 356 g/mol. The van der Waals surface area contributed by atoms with Gasteiger partial charge in [-0.15, -0.1) is 0 Å². The van der Waals surface area contributed by atoms with E-state index >= 15 is 0 Å². The zero-order valence-corrected chi connectivity index (χ0v) is 15.4. The van der Waals surface area contributed by atoms with Crippen LogP contribution in [0.3, 0.4) is 0 Å². The van der Waals surface area contributed by atoms with E-state index < -0.39 is 11.0 Å². The van der Waals surface area contributed by atoms with Crippen molar-refractivity contribution in [2.24, 2.45) is 0 Å². The second kappa shape index (κ2) is 8.81. The first-order valence-electron chi connectivity index (χ1n) is 8.86. The van der Waals surface area contributed by atoms with Crippen molar-refractivity contribution in [1.29, 1.82) is 0 Å². The molecule has 0 saturated heterocycles. The molecule has 142 valence electrons. The van der Waals surface area contributed by atoms with Crippen LogP contribution in [0.15, 0.2) is 78.9 Å². The number of carbonyl (C=O) groups is 1. The number of nitrogens with zero attached hydrogens (tertiary/aromatic N) is 1. The molecule has 0 heterocycles. The first kappa shape index (κ1) is 19.1. The number of benzene rings is 3. The predicted molar refractivity (Wildman–Crippen MR) is 107 cm³/mol. The van der Waals surface area contributed by atoms with Crippen molar-refractivity contribution in [1.82, 2.24) is 5.32 Å². The Morgan fingerprint density at radius 3 is 2.18 bits per heavy atom. The molecule has 3 aromatic rings. The van der Waals surface area contributed by atoms with Gasteiger partial charge in [0.2, 0.25) is 0 Å². The number of rotatable bonds is 7. The van der Waals surface area contributed by atoms with Gasteiger partial charge < -0.3 is 10.1 Å². The Morgan fingerprint density at radius 1 is 0.964 bits per heavy atom. The summed E-state index contributed by atoms with van der Waals surface area (Å²) < 4.78 is 5.70. The molecule has 0 saturated carbocycles. The quantitative estimate of drug-likeness (QED) is 0.491. The molecule has 6 heteroatoms. The van der Waals surface area contributed by atoms with Gasteiger partial charge in [0.05, 0.1) is 4.92 Å². The molecule has 0 radical (unpaired) electrons. The number of non-ortho nitro benzene ring substituents is 1. The van der Waals surface area contributed by atoms with E-state index in [2.05, 4.69) is 5.32 Å². The van der Waals surface area contributed by atoms with Crippen LogP contribution in [-0.2, 0) is 11.3 Å². The predicted octanol–water partition coefficient (Wildman–Crippen LogP) is 4.35. The SMILES string of the molecule is CC(Oc1ccc(-c2ccccc2)cc1)C(=O)NCc1ccc([N+](=O)[O-])cc1. The van der Waals surface area contributed by atoms with E-state index in [-0.39, 0.29) is 18.1 Å². The Morgan fingerprint density at radius 2 is 1.57 bits per heavy atom. The van der Waals surface area contributed by atoms with Crippen LogP contribution < -0.4 is 10.1 Å². The lowest BCUT2D eigenvalue weighted by atomic mass is 10.1. The zero-order valence-electron chi connectivity index (χ0n) is 15.4. The fourth-order valence-corrected chi connectivity index (χ4v) is 2.68. The Labute approximate surface area is 162 Å². The Hall–Kier alpha value is -3.67. The minimum absolute atomic E-state index is 0.0192. The maximum absolute atomic E-state index is 12.2. The summed E-state index contributed by atoms with van der Waals surface area (Å²) in [4.78, 5) is 22.4. The molecule has 0 bridgehead atoms. The van der Waals surface area contributed by atoms with Gasteiger partial charge in [-0.2, -0.15) is 0 Å². The summed E-state index contributed by atoms with van der Waals surface area (Å²) in [5.74, 6) is 0.350. The van der Waals surface area contributed by atoms with Crippen molar-refractivity contribution in [2.45, 2.75) is 19.6 Å². The molecule has 6 nitrogen and oxygen atoms in total. The standard InChI is InChI=1S/C22H20N2O4/c1-16(22(25)23-15-17-7-11-20(12-8-17)24(26)27)28-21-13-9-19(10-14-21)18-5-3-2-4-6-18/h2-14,16H,15H2,1H3,(H,23,25). The lowest BCUT2D eigenvalue weighted by Gasteiger charge is -2.15. The van der Waals surface area contributed by atoms with E-state index in [0.29, 0.717) is 5.75 Å². The normalized spacial score (nSPS) is 11.5. The highest BCUT2D eigenvalue weighted by atomic mass is 16.6. The number of hydrogen-bond acceptors (Lipinski definition) is 4. The average Bonchev–Trinajstić information content (AvgIpc) is 2.73. The molecule has 0 aliphatic rings. The third-order valence-corrected chi connectivity index (χ3v) is 4.26. The van der Waals surface area contributed by atoms with Crippen LogP contribution in [0.25, 0.3) is 11.1 Å². The molecular formula is C22H20N2O4. The molecule has 0 aliphatic carbocycles. The minimum Gasteiger partial charge on any atom is -0.481 e. The zero-order chi connectivity index (χ0) is 19.9. The van der Waals surface area contributed by atoms with Gasteiger partial charge in [0.1, 0.15) is 5.75 Å². The summed E-state index contributed by atoms with van der Waals surface area (Å²) in [6.45, 7) is 1.95. The molecule has 0 aromatic heterocycles. The van der Waals surface area contributed by atoms with Crippen LogP contribution in [0.2, 0.25) is 0 Å². The average molecular weight is 376 g/mol. The maximum Gasteiger partial charge on any atom is 0.269 e. The van der Waals surface area contributed by atoms with Crippen LogP contribution in [0.1, 0.15) is 12.5 Å². The van der Waals surface area contributed by atoms with Crippen molar-refractivity contribution in [3.05, 3.63) is 94.5 Å². The highest BCUT2D eigenvalue weighted by Gasteiger charge is 2.14. The number of ether oxygens (including phenoxy) is 1. The number of nitrogens with one attached hydrogen (secondary N) is 1. The molecule has 0 aliphatic heterocycles. The van der Waals surface area contributed by atoms with Crippen LogP contribution in [0.4, 0.5) is 5.69 Å². The molecule has 0 spiro atoms. The summed E-state index contributed by atoms with van der Waals surface area (Å²) in [5, 5.41) is 13.4. The Bertz CT molecular complexity index is 939. The van der Waals surface area contributed by atoms with Gasteiger partial charge in [-0.05, 0) is 35.7 Å². The number of hydrogen-bond donors (Lipinski definition) is 1.